The average molecular weight is 457 g/mol. The number of halogens is 2. The minimum absolute atomic E-state index is 0.0552. The molecule has 2 N–H and O–H groups in total. The van der Waals surface area contributed by atoms with Crippen LogP contribution in [0.3, 0.4) is 0 Å². The Balaban J connectivity index is 2.03. The van der Waals surface area contributed by atoms with E-state index in [9.17, 15) is 23.6 Å². The Morgan fingerprint density at radius 3 is 2.64 bits per heavy atom. The highest BCUT2D eigenvalue weighted by Crippen LogP contribution is 2.28. The zero-order valence-electron chi connectivity index (χ0n) is 17.9. The van der Waals surface area contributed by atoms with E-state index >= 15 is 4.39 Å². The molecule has 1 unspecified atom stereocenters. The van der Waals surface area contributed by atoms with Crippen molar-refractivity contribution in [1.82, 2.24) is 9.97 Å². The van der Waals surface area contributed by atoms with Crippen LogP contribution in [0.25, 0.3) is 11.0 Å². The summed E-state index contributed by atoms with van der Waals surface area (Å²) in [6.45, 7) is 1.83. The molecular formula is C23H21F2N3O5. The molecule has 1 aromatic carbocycles. The van der Waals surface area contributed by atoms with E-state index < -0.39 is 40.9 Å². The zero-order chi connectivity index (χ0) is 24.1. The maximum atomic E-state index is 15.3. The van der Waals surface area contributed by atoms with Crippen LogP contribution in [0.4, 0.5) is 14.5 Å². The highest BCUT2D eigenvalue weighted by molar-refractivity contribution is 6.17. The van der Waals surface area contributed by atoms with E-state index in [0.717, 1.165) is 12.1 Å². The number of ether oxygens (including phenoxy) is 1. The van der Waals surface area contributed by atoms with Gasteiger partial charge in [-0.15, -0.1) is 0 Å². The molecule has 0 saturated carbocycles. The monoisotopic (exact) mass is 457 g/mol. The van der Waals surface area contributed by atoms with Gasteiger partial charge in [0, 0.05) is 29.3 Å². The summed E-state index contributed by atoms with van der Waals surface area (Å²) in [5, 5.41) is 2.77. The number of pyridine rings is 1. The largest absolute Gasteiger partial charge is 0.465 e. The van der Waals surface area contributed by atoms with Crippen LogP contribution < -0.4 is 5.32 Å². The molecule has 8 nitrogen and oxygen atoms in total. The lowest BCUT2D eigenvalue weighted by Crippen LogP contribution is -2.32. The van der Waals surface area contributed by atoms with E-state index in [1.165, 1.54) is 25.6 Å². The summed E-state index contributed by atoms with van der Waals surface area (Å²) in [4.78, 5) is 54.5. The van der Waals surface area contributed by atoms with Crippen LogP contribution >= 0.6 is 0 Å². The second-order valence-corrected chi connectivity index (χ2v) is 7.32. The number of fused-ring (bicyclic) bond motifs is 1. The van der Waals surface area contributed by atoms with Gasteiger partial charge in [-0.05, 0) is 24.6 Å². The number of esters is 1. The molecule has 0 aliphatic rings. The number of benzene rings is 1. The number of hydrogen-bond acceptors (Lipinski definition) is 7. The molecular weight excluding hydrogens is 436 g/mol. The molecule has 3 rings (SSSR count). The molecule has 0 saturated heterocycles. The van der Waals surface area contributed by atoms with Crippen molar-refractivity contribution in [3.8, 4) is 0 Å². The Morgan fingerprint density at radius 2 is 2.00 bits per heavy atom. The number of rotatable bonds is 10. The molecule has 0 aliphatic carbocycles. The predicted molar refractivity (Wildman–Crippen MR) is 115 cm³/mol. The number of methoxy groups -OCH3 is 1. The standard InChI is InChI=1S/C23H21F2N3O5/c1-3-4-12(10-29)18(11-30)28-17-6-5-16(24)19(20(17)25)21(31)15-9-27-22-14(15)7-13(8-26-22)23(32)33-2/h5-12,18,28H,3-4H2,1-2H3,(H,26,27)/t12-,18?/m0/s1. The van der Waals surface area contributed by atoms with E-state index in [1.54, 1.807) is 0 Å². The minimum atomic E-state index is -1.21. The Hall–Kier alpha value is -3.95. The topological polar surface area (TPSA) is 118 Å². The van der Waals surface area contributed by atoms with Gasteiger partial charge in [0.1, 0.15) is 24.0 Å². The van der Waals surface area contributed by atoms with Gasteiger partial charge in [-0.1, -0.05) is 13.3 Å². The van der Waals surface area contributed by atoms with Gasteiger partial charge in [0.15, 0.2) is 5.82 Å². The van der Waals surface area contributed by atoms with Crippen LogP contribution in [0.5, 0.6) is 0 Å². The summed E-state index contributed by atoms with van der Waals surface area (Å²) in [7, 11) is 1.18. The molecule has 3 aromatic rings. The van der Waals surface area contributed by atoms with E-state index in [0.29, 0.717) is 25.4 Å². The van der Waals surface area contributed by atoms with E-state index in [-0.39, 0.29) is 27.8 Å². The van der Waals surface area contributed by atoms with Crippen molar-refractivity contribution in [2.45, 2.75) is 25.8 Å². The number of carbonyl (C=O) groups excluding carboxylic acids is 4. The number of carbonyl (C=O) groups is 4. The van der Waals surface area contributed by atoms with Gasteiger partial charge in [0.05, 0.1) is 30.0 Å². The van der Waals surface area contributed by atoms with Crippen molar-refractivity contribution < 1.29 is 32.7 Å². The molecule has 2 atom stereocenters. The first-order valence-corrected chi connectivity index (χ1v) is 10.1. The number of ketones is 1. The molecule has 0 bridgehead atoms. The average Bonchev–Trinajstić information content (AvgIpc) is 3.25. The Morgan fingerprint density at radius 1 is 1.24 bits per heavy atom. The molecule has 0 fully saturated rings. The first-order valence-electron chi connectivity index (χ1n) is 10.1. The summed E-state index contributed by atoms with van der Waals surface area (Å²) in [5.41, 5.74) is -0.975. The van der Waals surface area contributed by atoms with Crippen LogP contribution in [-0.2, 0) is 14.3 Å². The number of aldehydes is 2. The van der Waals surface area contributed by atoms with Crippen LogP contribution in [0.1, 0.15) is 46.0 Å². The molecule has 0 spiro atoms. The van der Waals surface area contributed by atoms with Crippen molar-refractivity contribution in [1.29, 1.82) is 0 Å². The lowest BCUT2D eigenvalue weighted by molar-refractivity contribution is -0.116. The van der Waals surface area contributed by atoms with E-state index in [4.69, 9.17) is 0 Å². The summed E-state index contributed by atoms with van der Waals surface area (Å²) in [6.07, 6.45) is 4.55. The normalized spacial score (nSPS) is 12.7. The molecule has 2 aromatic heterocycles. The van der Waals surface area contributed by atoms with Crippen molar-refractivity contribution in [2.24, 2.45) is 5.92 Å². The zero-order valence-corrected chi connectivity index (χ0v) is 17.9. The third-order valence-electron chi connectivity index (χ3n) is 5.24. The predicted octanol–water partition coefficient (Wildman–Crippen LogP) is 3.45. The summed E-state index contributed by atoms with van der Waals surface area (Å²) < 4.78 is 34.5. The number of anilines is 1. The number of H-pyrrole nitrogens is 1. The fraction of sp³-hybridized carbons (Fsp3) is 0.261. The third-order valence-corrected chi connectivity index (χ3v) is 5.24. The Bertz CT molecular complexity index is 1220. The SMILES string of the molecule is CCC[C@@H](C=O)C(C=O)Nc1ccc(F)c(C(=O)c2c[nH]c3ncc(C(=O)OC)cc23)c1F. The molecule has 10 heteroatoms. The smallest absolute Gasteiger partial charge is 0.339 e. The van der Waals surface area contributed by atoms with Gasteiger partial charge in [0.2, 0.25) is 5.78 Å². The van der Waals surface area contributed by atoms with Gasteiger partial charge in [-0.25, -0.2) is 18.6 Å². The van der Waals surface area contributed by atoms with Crippen molar-refractivity contribution >= 4 is 41.0 Å². The molecule has 172 valence electrons. The molecule has 0 radical (unpaired) electrons. The van der Waals surface area contributed by atoms with Crippen molar-refractivity contribution in [3.63, 3.8) is 0 Å². The van der Waals surface area contributed by atoms with Crippen molar-refractivity contribution in [2.75, 3.05) is 12.4 Å². The van der Waals surface area contributed by atoms with E-state index in [1.807, 2.05) is 6.92 Å². The van der Waals surface area contributed by atoms with Crippen LogP contribution in [0.2, 0.25) is 0 Å². The van der Waals surface area contributed by atoms with Crippen molar-refractivity contribution in [3.05, 3.63) is 58.9 Å². The molecule has 0 amide bonds. The Labute approximate surface area is 187 Å². The van der Waals surface area contributed by atoms with Gasteiger partial charge >= 0.3 is 5.97 Å². The highest BCUT2D eigenvalue weighted by atomic mass is 19.1. The summed E-state index contributed by atoms with van der Waals surface area (Å²) in [5.74, 6) is -4.72. The number of hydrogen-bond donors (Lipinski definition) is 2. The quantitative estimate of drug-likeness (QED) is 0.272. The first-order chi connectivity index (χ1) is 15.9. The first kappa shape index (κ1) is 23.7. The van der Waals surface area contributed by atoms with E-state index in [2.05, 4.69) is 20.0 Å². The summed E-state index contributed by atoms with van der Waals surface area (Å²) in [6, 6.07) is 2.23. The van der Waals surface area contributed by atoms with Crippen LogP contribution in [-0.4, -0.2) is 47.4 Å². The van der Waals surface area contributed by atoms with Crippen LogP contribution in [0.15, 0.2) is 30.6 Å². The lowest BCUT2D eigenvalue weighted by Gasteiger charge is -2.20. The number of aromatic amines is 1. The molecule has 0 aliphatic heterocycles. The number of aromatic nitrogens is 2. The fourth-order valence-electron chi connectivity index (χ4n) is 3.51. The maximum absolute atomic E-state index is 15.3. The lowest BCUT2D eigenvalue weighted by atomic mass is 9.96. The van der Waals surface area contributed by atoms with Gasteiger partial charge in [0.25, 0.3) is 0 Å². The summed E-state index contributed by atoms with van der Waals surface area (Å²) >= 11 is 0. The number of nitrogens with zero attached hydrogens (tertiary/aromatic N) is 1. The molecule has 33 heavy (non-hydrogen) atoms. The third kappa shape index (κ3) is 4.64. The van der Waals surface area contributed by atoms with Gasteiger partial charge in [-0.3, -0.25) is 4.79 Å². The number of nitrogens with one attached hydrogen (secondary N) is 2. The second-order valence-electron chi connectivity index (χ2n) is 7.32. The minimum Gasteiger partial charge on any atom is -0.465 e. The van der Waals surface area contributed by atoms with Gasteiger partial charge in [-0.2, -0.15) is 0 Å². The van der Waals surface area contributed by atoms with Crippen LogP contribution in [0, 0.1) is 17.6 Å². The fourth-order valence-corrected chi connectivity index (χ4v) is 3.51. The Kier molecular flexibility index (Phi) is 7.27. The van der Waals surface area contributed by atoms with Gasteiger partial charge < -0.3 is 24.6 Å². The molecule has 2 heterocycles. The maximum Gasteiger partial charge on any atom is 0.339 e. The highest BCUT2D eigenvalue weighted by Gasteiger charge is 2.27. The second kappa shape index (κ2) is 10.1.